The number of amides is 3. The van der Waals surface area contributed by atoms with Crippen molar-refractivity contribution in [3.8, 4) is 17.4 Å². The average Bonchev–Trinajstić information content (AvgIpc) is 3.33. The zero-order chi connectivity index (χ0) is 34.1. The van der Waals surface area contributed by atoms with Crippen molar-refractivity contribution in [2.75, 3.05) is 6.54 Å². The van der Waals surface area contributed by atoms with E-state index in [0.29, 0.717) is 40.5 Å². The largest absolute Gasteiger partial charge is 0.479 e. The number of nitrogens with zero attached hydrogens (tertiary/aromatic N) is 4. The number of allylic oxidation sites excluding steroid dienone is 1. The lowest BCUT2D eigenvalue weighted by atomic mass is 10.0. The van der Waals surface area contributed by atoms with Crippen LogP contribution in [0.5, 0.6) is 5.88 Å². The van der Waals surface area contributed by atoms with Gasteiger partial charge in [0.2, 0.25) is 17.7 Å². The number of hydrogen-bond acceptors (Lipinski definition) is 10. The van der Waals surface area contributed by atoms with Crippen molar-refractivity contribution in [3.05, 3.63) is 48.0 Å². The van der Waals surface area contributed by atoms with Gasteiger partial charge in [-0.3, -0.25) is 14.6 Å². The van der Waals surface area contributed by atoms with Gasteiger partial charge in [0, 0.05) is 18.5 Å². The fraction of sp³-hybridized carbons (Fsp3) is 0.500. The average molecular weight is 677 g/mol. The molecule has 14 heteroatoms. The van der Waals surface area contributed by atoms with Crippen LogP contribution in [-0.2, 0) is 19.1 Å². The van der Waals surface area contributed by atoms with Crippen LogP contribution in [0.4, 0.5) is 4.79 Å². The molecule has 3 N–H and O–H groups in total. The van der Waals surface area contributed by atoms with Crippen LogP contribution in [0.1, 0.15) is 65.7 Å². The SMILES string of the molecule is CC(C)(C)OC(=O)N[C@H]1CCCCCC=C[C@@H]2C[C@@]2(C(=O)O)NC(=O)[C@@H]2C[C@@H](Oc3nc(-c4ccccn4)nc4ccsc34)CN2C1=O. The van der Waals surface area contributed by atoms with Crippen molar-refractivity contribution in [2.24, 2.45) is 5.92 Å². The van der Waals surface area contributed by atoms with E-state index < -0.39 is 53.2 Å². The van der Waals surface area contributed by atoms with Crippen molar-refractivity contribution >= 4 is 45.4 Å². The zero-order valence-electron chi connectivity index (χ0n) is 27.2. The van der Waals surface area contributed by atoms with E-state index in [0.717, 1.165) is 19.3 Å². The molecule has 5 heterocycles. The number of fused-ring (bicyclic) bond motifs is 3. The molecule has 0 bridgehead atoms. The summed E-state index contributed by atoms with van der Waals surface area (Å²) in [5, 5.41) is 17.5. The van der Waals surface area contributed by atoms with Crippen LogP contribution >= 0.6 is 11.3 Å². The number of carbonyl (C=O) groups excluding carboxylic acids is 3. The van der Waals surface area contributed by atoms with Gasteiger partial charge in [0.05, 0.1) is 12.1 Å². The third-order valence-corrected chi connectivity index (χ3v) is 9.65. The van der Waals surface area contributed by atoms with Crippen LogP contribution < -0.4 is 15.4 Å². The highest BCUT2D eigenvalue weighted by atomic mass is 32.1. The minimum Gasteiger partial charge on any atom is -0.479 e. The maximum atomic E-state index is 14.3. The first kappa shape index (κ1) is 33.3. The van der Waals surface area contributed by atoms with E-state index in [-0.39, 0.29) is 25.3 Å². The van der Waals surface area contributed by atoms with Gasteiger partial charge in [-0.15, -0.1) is 11.3 Å². The number of carboxylic acids is 1. The first-order valence-electron chi connectivity index (χ1n) is 16.3. The smallest absolute Gasteiger partial charge is 0.408 e. The minimum absolute atomic E-state index is 0.0165. The van der Waals surface area contributed by atoms with Crippen molar-refractivity contribution < 1.29 is 33.8 Å². The Morgan fingerprint density at radius 1 is 1.15 bits per heavy atom. The summed E-state index contributed by atoms with van der Waals surface area (Å²) in [6.07, 6.45) is 7.80. The normalized spacial score (nSPS) is 26.4. The molecule has 2 fully saturated rings. The Kier molecular flexibility index (Phi) is 9.37. The molecule has 1 saturated carbocycles. The molecule has 0 aromatic carbocycles. The number of ether oxygens (including phenoxy) is 2. The second kappa shape index (κ2) is 13.5. The van der Waals surface area contributed by atoms with Gasteiger partial charge in [0.25, 0.3) is 0 Å². The molecule has 1 aliphatic carbocycles. The maximum Gasteiger partial charge on any atom is 0.408 e. The number of pyridine rings is 1. The molecule has 6 rings (SSSR count). The topological polar surface area (TPSA) is 173 Å². The summed E-state index contributed by atoms with van der Waals surface area (Å²) in [5.74, 6) is -1.84. The number of carbonyl (C=O) groups is 4. The van der Waals surface area contributed by atoms with Crippen LogP contribution in [-0.4, -0.2) is 84.7 Å². The Hall–Kier alpha value is -4.59. The summed E-state index contributed by atoms with van der Waals surface area (Å²) >= 11 is 1.41. The van der Waals surface area contributed by atoms with Crippen LogP contribution in [0.3, 0.4) is 0 Å². The molecule has 13 nitrogen and oxygen atoms in total. The van der Waals surface area contributed by atoms with Crippen LogP contribution in [0.15, 0.2) is 48.0 Å². The predicted molar refractivity (Wildman–Crippen MR) is 177 cm³/mol. The van der Waals surface area contributed by atoms with Crippen molar-refractivity contribution in [2.45, 2.75) is 95.0 Å². The standard InChI is InChI=1S/C34H40N6O7S/c1-33(2,3)47-32(45)37-24-13-8-6-4-5-7-11-20-18-34(20,31(43)44)39-28(41)25-17-21(19-40(25)30(24)42)46-29-26-22(14-16-48-26)36-27(38-29)23-12-9-10-15-35-23/h7,9-12,14-16,20-21,24-25H,4-6,8,13,17-19H2,1-3H3,(H,37,45)(H,39,41)(H,43,44)/t20-,21-,24+,25+,34-/m1/s1. The van der Waals surface area contributed by atoms with Gasteiger partial charge in [0.1, 0.15) is 39.7 Å². The molecule has 3 aromatic rings. The number of thiophene rings is 1. The third-order valence-electron chi connectivity index (χ3n) is 8.76. The summed E-state index contributed by atoms with van der Waals surface area (Å²) in [6.45, 7) is 5.23. The summed E-state index contributed by atoms with van der Waals surface area (Å²) in [5.41, 5.74) is -0.987. The molecule has 0 spiro atoms. The van der Waals surface area contributed by atoms with Crippen molar-refractivity contribution in [3.63, 3.8) is 0 Å². The lowest BCUT2D eigenvalue weighted by Gasteiger charge is -2.30. The number of carboxylic acid groups (broad SMARTS) is 1. The van der Waals surface area contributed by atoms with Crippen LogP contribution in [0.25, 0.3) is 21.7 Å². The molecule has 5 atom stereocenters. The highest BCUT2D eigenvalue weighted by Crippen LogP contribution is 2.45. The number of rotatable bonds is 5. The third kappa shape index (κ3) is 7.28. The predicted octanol–water partition coefficient (Wildman–Crippen LogP) is 4.47. The van der Waals surface area contributed by atoms with Gasteiger partial charge in [-0.2, -0.15) is 4.98 Å². The number of alkyl carbamates (subject to hydrolysis) is 1. The molecule has 3 aliphatic rings. The number of nitrogens with one attached hydrogen (secondary N) is 2. The molecule has 254 valence electrons. The van der Waals surface area contributed by atoms with E-state index in [1.165, 1.54) is 16.2 Å². The van der Waals surface area contributed by atoms with Gasteiger partial charge in [-0.05, 0) is 70.0 Å². The van der Waals surface area contributed by atoms with Crippen molar-refractivity contribution in [1.82, 2.24) is 30.5 Å². The highest BCUT2D eigenvalue weighted by molar-refractivity contribution is 7.17. The van der Waals surface area contributed by atoms with E-state index in [9.17, 15) is 24.3 Å². The zero-order valence-corrected chi connectivity index (χ0v) is 28.0. The maximum absolute atomic E-state index is 14.3. The number of aliphatic carboxylic acids is 1. The molecule has 0 radical (unpaired) electrons. The van der Waals surface area contributed by atoms with Gasteiger partial charge in [-0.1, -0.05) is 31.1 Å². The first-order chi connectivity index (χ1) is 22.9. The molecule has 0 unspecified atom stereocenters. The Morgan fingerprint density at radius 3 is 2.73 bits per heavy atom. The van der Waals surface area contributed by atoms with Crippen molar-refractivity contribution in [1.29, 1.82) is 0 Å². The van der Waals surface area contributed by atoms with E-state index in [2.05, 4.69) is 25.6 Å². The monoisotopic (exact) mass is 676 g/mol. The van der Waals surface area contributed by atoms with Gasteiger partial charge >= 0.3 is 12.1 Å². The molecule has 1 saturated heterocycles. The summed E-state index contributed by atoms with van der Waals surface area (Å²) in [7, 11) is 0. The Morgan fingerprint density at radius 2 is 1.98 bits per heavy atom. The molecule has 2 aliphatic heterocycles. The summed E-state index contributed by atoms with van der Waals surface area (Å²) in [4.78, 5) is 68.6. The number of aromatic nitrogens is 3. The minimum atomic E-state index is -1.44. The van der Waals surface area contributed by atoms with E-state index in [1.807, 2.05) is 29.7 Å². The number of hydrogen-bond donors (Lipinski definition) is 3. The molecule has 3 aromatic heterocycles. The summed E-state index contributed by atoms with van der Waals surface area (Å²) in [6, 6.07) is 5.27. The van der Waals surface area contributed by atoms with Gasteiger partial charge in [0.15, 0.2) is 5.82 Å². The molecular formula is C34H40N6O7S. The fourth-order valence-corrected chi connectivity index (χ4v) is 7.04. The Balaban J connectivity index is 1.31. The highest BCUT2D eigenvalue weighted by Gasteiger charge is 2.61. The Labute approximate surface area is 282 Å². The lowest BCUT2D eigenvalue weighted by molar-refractivity contribution is -0.145. The van der Waals surface area contributed by atoms with Gasteiger partial charge < -0.3 is 30.1 Å². The summed E-state index contributed by atoms with van der Waals surface area (Å²) < 4.78 is 12.6. The van der Waals surface area contributed by atoms with E-state index in [4.69, 9.17) is 9.47 Å². The van der Waals surface area contributed by atoms with Crippen LogP contribution in [0.2, 0.25) is 0 Å². The van der Waals surface area contributed by atoms with E-state index >= 15 is 0 Å². The fourth-order valence-electron chi connectivity index (χ4n) is 6.28. The molecular weight excluding hydrogens is 636 g/mol. The van der Waals surface area contributed by atoms with E-state index in [1.54, 1.807) is 39.1 Å². The Bertz CT molecular complexity index is 1720. The second-order valence-electron chi connectivity index (χ2n) is 13.5. The van der Waals surface area contributed by atoms with Gasteiger partial charge in [-0.25, -0.2) is 14.6 Å². The lowest BCUT2D eigenvalue weighted by Crippen LogP contribution is -2.56. The molecule has 48 heavy (non-hydrogen) atoms. The first-order valence-corrected chi connectivity index (χ1v) is 17.2. The second-order valence-corrected chi connectivity index (χ2v) is 14.4. The quantitative estimate of drug-likeness (QED) is 0.327. The molecule has 3 amide bonds. The van der Waals surface area contributed by atoms with Crippen LogP contribution in [0, 0.1) is 5.92 Å².